The van der Waals surface area contributed by atoms with Crippen LogP contribution in [-0.4, -0.2) is 17.5 Å². The molecular weight excluding hydrogens is 298 g/mol. The van der Waals surface area contributed by atoms with Gasteiger partial charge < -0.3 is 4.74 Å². The second-order valence-electron chi connectivity index (χ2n) is 5.23. The van der Waals surface area contributed by atoms with Gasteiger partial charge in [0.15, 0.2) is 11.6 Å². The average Bonchev–Trinajstić information content (AvgIpc) is 2.90. The highest BCUT2D eigenvalue weighted by atomic mass is 16.5. The molecule has 0 amide bonds. The van der Waals surface area contributed by atoms with Crippen LogP contribution in [0.1, 0.15) is 37.4 Å². The zero-order valence-corrected chi connectivity index (χ0v) is 11.6. The van der Waals surface area contributed by atoms with Crippen molar-refractivity contribution in [3.8, 4) is 5.75 Å². The van der Waals surface area contributed by atoms with Crippen molar-refractivity contribution >= 4 is 23.2 Å². The Bertz CT molecular complexity index is 987. The van der Waals surface area contributed by atoms with E-state index in [0.717, 1.165) is 0 Å². The highest BCUT2D eigenvalue weighted by molar-refractivity contribution is 6.28. The summed E-state index contributed by atoms with van der Waals surface area (Å²) in [7, 11) is 0. The van der Waals surface area contributed by atoms with Crippen molar-refractivity contribution in [2.45, 2.75) is 6.42 Å². The molecule has 0 N–H and O–H groups in total. The molecule has 0 aromatic heterocycles. The minimum atomic E-state index is -0.412. The molecule has 1 aliphatic heterocycles. The number of esters is 1. The van der Waals surface area contributed by atoms with Gasteiger partial charge in [0.25, 0.3) is 0 Å². The smallest absolute Gasteiger partial charge is 0.315 e. The number of nitrogens with zero attached hydrogens (tertiary/aromatic N) is 3. The van der Waals surface area contributed by atoms with E-state index in [9.17, 15) is 14.4 Å². The Morgan fingerprint density at radius 1 is 0.957 bits per heavy atom. The van der Waals surface area contributed by atoms with Crippen LogP contribution in [0.4, 0.5) is 5.69 Å². The van der Waals surface area contributed by atoms with Crippen LogP contribution in [0.3, 0.4) is 0 Å². The third kappa shape index (κ3) is 1.84. The Morgan fingerprint density at radius 3 is 2.43 bits per heavy atom. The number of hydrogen-bond donors (Lipinski definition) is 0. The largest absolute Gasteiger partial charge is 0.426 e. The highest BCUT2D eigenvalue weighted by Gasteiger charge is 2.33. The summed E-state index contributed by atoms with van der Waals surface area (Å²) in [5, 5.41) is 3.45. The van der Waals surface area contributed by atoms with Crippen molar-refractivity contribution in [3.05, 3.63) is 68.6 Å². The molecular formula is C16H7N3O4. The maximum absolute atomic E-state index is 12.7. The third-order valence-electron chi connectivity index (χ3n) is 3.90. The molecule has 2 aliphatic rings. The van der Waals surface area contributed by atoms with E-state index < -0.39 is 5.97 Å². The summed E-state index contributed by atoms with van der Waals surface area (Å²) in [5.74, 6) is -0.769. The molecule has 0 saturated heterocycles. The normalized spacial score (nSPS) is 14.5. The summed E-state index contributed by atoms with van der Waals surface area (Å²) in [6.07, 6.45) is 0.0900. The predicted octanol–water partition coefficient (Wildman–Crippen LogP) is 2.87. The predicted molar refractivity (Wildman–Crippen MR) is 77.9 cm³/mol. The summed E-state index contributed by atoms with van der Waals surface area (Å²) < 4.78 is 5.04. The number of ether oxygens (including phenoxy) is 1. The molecule has 1 heterocycles. The van der Waals surface area contributed by atoms with Crippen molar-refractivity contribution in [1.29, 1.82) is 0 Å². The Morgan fingerprint density at radius 2 is 1.65 bits per heavy atom. The van der Waals surface area contributed by atoms with Crippen molar-refractivity contribution < 1.29 is 19.1 Å². The van der Waals surface area contributed by atoms with E-state index in [1.165, 1.54) is 24.3 Å². The number of carbonyl (C=O) groups is 3. The number of fused-ring (bicyclic) bond motifs is 3. The van der Waals surface area contributed by atoms with E-state index in [1.807, 2.05) is 0 Å². The molecule has 7 heteroatoms. The number of benzene rings is 2. The summed E-state index contributed by atoms with van der Waals surface area (Å²) in [6.45, 7) is 0. The number of carbonyl (C=O) groups excluding carboxylic acids is 3. The zero-order valence-electron chi connectivity index (χ0n) is 11.6. The lowest BCUT2D eigenvalue weighted by Gasteiger charge is -2.18. The Labute approximate surface area is 129 Å². The van der Waals surface area contributed by atoms with Gasteiger partial charge in [-0.05, 0) is 29.8 Å². The van der Waals surface area contributed by atoms with Crippen LogP contribution in [0, 0.1) is 0 Å². The van der Waals surface area contributed by atoms with Crippen LogP contribution < -0.4 is 4.74 Å². The van der Waals surface area contributed by atoms with Gasteiger partial charge in [-0.3, -0.25) is 14.4 Å². The molecule has 23 heavy (non-hydrogen) atoms. The first-order valence-corrected chi connectivity index (χ1v) is 6.74. The lowest BCUT2D eigenvalue weighted by atomic mass is 9.83. The molecule has 1 aliphatic carbocycles. The van der Waals surface area contributed by atoms with Crippen LogP contribution in [0.5, 0.6) is 5.75 Å². The summed E-state index contributed by atoms with van der Waals surface area (Å²) >= 11 is 0. The van der Waals surface area contributed by atoms with Gasteiger partial charge in [-0.15, -0.1) is 0 Å². The van der Waals surface area contributed by atoms with Crippen LogP contribution >= 0.6 is 0 Å². The van der Waals surface area contributed by atoms with Crippen LogP contribution in [0.2, 0.25) is 0 Å². The molecule has 4 rings (SSSR count). The second-order valence-corrected chi connectivity index (χ2v) is 5.23. The Kier molecular flexibility index (Phi) is 2.61. The molecule has 0 radical (unpaired) electrons. The minimum absolute atomic E-state index is 0.0900. The standard InChI is InChI=1S/C16H7N3O4/c17-19-18-8-1-2-9-11(5-8)16(22)12-6-13-7(4-14(20)23-13)3-10(12)15(9)21/h1-3,5-6H,4H2. The van der Waals surface area contributed by atoms with Gasteiger partial charge >= 0.3 is 5.97 Å². The Balaban J connectivity index is 1.93. The fraction of sp³-hybridized carbons (Fsp3) is 0.0625. The van der Waals surface area contributed by atoms with E-state index in [4.69, 9.17) is 10.3 Å². The second kappa shape index (κ2) is 4.53. The lowest BCUT2D eigenvalue weighted by molar-refractivity contribution is -0.131. The molecule has 0 spiro atoms. The maximum atomic E-state index is 12.7. The molecule has 0 unspecified atom stereocenters. The first-order chi connectivity index (χ1) is 11.1. The van der Waals surface area contributed by atoms with E-state index in [0.29, 0.717) is 11.3 Å². The van der Waals surface area contributed by atoms with Crippen molar-refractivity contribution in [2.24, 2.45) is 5.11 Å². The molecule has 7 nitrogen and oxygen atoms in total. The van der Waals surface area contributed by atoms with Gasteiger partial charge in [0.2, 0.25) is 0 Å². The minimum Gasteiger partial charge on any atom is -0.426 e. The maximum Gasteiger partial charge on any atom is 0.315 e. The third-order valence-corrected chi connectivity index (χ3v) is 3.90. The van der Waals surface area contributed by atoms with Crippen LogP contribution in [-0.2, 0) is 11.2 Å². The summed E-state index contributed by atoms with van der Waals surface area (Å²) in [5.41, 5.74) is 10.2. The quantitative estimate of drug-likeness (QED) is 0.226. The van der Waals surface area contributed by atoms with Crippen molar-refractivity contribution in [2.75, 3.05) is 0 Å². The topological polar surface area (TPSA) is 109 Å². The van der Waals surface area contributed by atoms with Gasteiger partial charge in [-0.25, -0.2) is 0 Å². The van der Waals surface area contributed by atoms with E-state index in [1.54, 1.807) is 6.07 Å². The van der Waals surface area contributed by atoms with Crippen molar-refractivity contribution in [3.63, 3.8) is 0 Å². The number of rotatable bonds is 1. The van der Waals surface area contributed by atoms with Gasteiger partial charge in [0, 0.05) is 38.4 Å². The Hall–Kier alpha value is -3.44. The first kappa shape index (κ1) is 13.2. The van der Waals surface area contributed by atoms with Crippen LogP contribution in [0.25, 0.3) is 10.4 Å². The van der Waals surface area contributed by atoms with E-state index >= 15 is 0 Å². The molecule has 0 atom stereocenters. The van der Waals surface area contributed by atoms with E-state index in [-0.39, 0.29) is 45.9 Å². The number of ketones is 2. The monoisotopic (exact) mass is 305 g/mol. The number of azide groups is 1. The number of hydrogen-bond acceptors (Lipinski definition) is 5. The SMILES string of the molecule is [N-]=[N+]=Nc1ccc2c(c1)C(=O)c1cc3c(cc1C2=O)CC(=O)O3. The fourth-order valence-corrected chi connectivity index (χ4v) is 2.87. The summed E-state index contributed by atoms with van der Waals surface area (Å²) in [6, 6.07) is 7.31. The molecule has 0 saturated carbocycles. The molecule has 0 fully saturated rings. The van der Waals surface area contributed by atoms with Gasteiger partial charge in [-0.1, -0.05) is 11.2 Å². The molecule has 110 valence electrons. The van der Waals surface area contributed by atoms with E-state index in [2.05, 4.69) is 10.0 Å². The van der Waals surface area contributed by atoms with Crippen LogP contribution in [0.15, 0.2) is 35.4 Å². The van der Waals surface area contributed by atoms with Gasteiger partial charge in [-0.2, -0.15) is 0 Å². The summed E-state index contributed by atoms with van der Waals surface area (Å²) in [4.78, 5) is 39.3. The zero-order chi connectivity index (χ0) is 16.1. The molecule has 2 aromatic carbocycles. The molecule has 2 aromatic rings. The lowest BCUT2D eigenvalue weighted by Crippen LogP contribution is -2.21. The van der Waals surface area contributed by atoms with Gasteiger partial charge in [0.1, 0.15) is 5.75 Å². The van der Waals surface area contributed by atoms with Crippen molar-refractivity contribution in [1.82, 2.24) is 0 Å². The first-order valence-electron chi connectivity index (χ1n) is 6.74. The fourth-order valence-electron chi connectivity index (χ4n) is 2.87. The highest BCUT2D eigenvalue weighted by Crippen LogP contribution is 2.36. The molecule has 0 bridgehead atoms. The van der Waals surface area contributed by atoms with Gasteiger partial charge in [0.05, 0.1) is 6.42 Å². The average molecular weight is 305 g/mol.